The van der Waals surface area contributed by atoms with Gasteiger partial charge in [-0.3, -0.25) is 0 Å². The Morgan fingerprint density at radius 3 is 0.785 bits per heavy atom. The van der Waals surface area contributed by atoms with Crippen LogP contribution in [0.4, 0.5) is 79.6 Å². The zero-order valence-corrected chi connectivity index (χ0v) is 77.8. The second kappa shape index (κ2) is 51.1. The minimum absolute atomic E-state index is 0.0648. The summed E-state index contributed by atoms with van der Waals surface area (Å²) in [5.74, 6) is 0.366. The van der Waals surface area contributed by atoms with E-state index in [1.54, 1.807) is 6.92 Å². The molecule has 7 N–H and O–H groups in total. The van der Waals surface area contributed by atoms with Gasteiger partial charge in [-0.05, 0) is 323 Å². The van der Waals surface area contributed by atoms with Gasteiger partial charge in [0.15, 0.2) is 0 Å². The van der Waals surface area contributed by atoms with E-state index in [9.17, 15) is 30.6 Å². The van der Waals surface area contributed by atoms with E-state index in [-0.39, 0.29) is 45.1 Å². The van der Waals surface area contributed by atoms with Crippen LogP contribution in [-0.2, 0) is 18.4 Å². The van der Waals surface area contributed by atoms with Crippen molar-refractivity contribution in [1.29, 1.82) is 0 Å². The van der Waals surface area contributed by atoms with Gasteiger partial charge in [0.05, 0.1) is 25.9 Å². The van der Waals surface area contributed by atoms with Gasteiger partial charge < -0.3 is 65.1 Å². The highest BCUT2D eigenvalue weighted by molar-refractivity contribution is 5.81. The third-order valence-electron chi connectivity index (χ3n) is 24.4. The van der Waals surface area contributed by atoms with Crippen molar-refractivity contribution in [1.82, 2.24) is 0 Å². The van der Waals surface area contributed by atoms with Gasteiger partial charge in [-0.2, -0.15) is 0 Å². The predicted octanol–water partition coefficient (Wildman–Crippen LogP) is 27.1. The van der Waals surface area contributed by atoms with Crippen LogP contribution < -0.4 is 29.4 Å². The molecule has 1 atom stereocenters. The molecule has 0 amide bonds. The number of rotatable bonds is 34. The number of hydrogen-bond acceptors (Lipinski definition) is 13. The summed E-state index contributed by atoms with van der Waals surface area (Å²) in [4.78, 5) is 13.4. The largest absolute Gasteiger partial charge is 0.396 e. The van der Waals surface area contributed by atoms with Crippen LogP contribution >= 0.6 is 0 Å². The normalized spacial score (nSPS) is 12.1. The summed E-state index contributed by atoms with van der Waals surface area (Å²) in [6.07, 6.45) is 10.9. The summed E-state index contributed by atoms with van der Waals surface area (Å²) in [6.45, 7) is 22.9. The van der Waals surface area contributed by atoms with Crippen molar-refractivity contribution >= 4 is 79.6 Å². The summed E-state index contributed by atoms with van der Waals surface area (Å²) in [6, 6.07) is 124. The van der Waals surface area contributed by atoms with Gasteiger partial charge in [0.2, 0.25) is 0 Å². The quantitative estimate of drug-likeness (QED) is 0.0204. The van der Waals surface area contributed by atoms with Gasteiger partial charge in [-0.1, -0.05) is 235 Å². The van der Waals surface area contributed by atoms with Crippen molar-refractivity contribution in [3.05, 3.63) is 419 Å². The number of para-hydroxylation sites is 2. The lowest BCUT2D eigenvalue weighted by atomic mass is 9.65. The molecule has 1 fully saturated rings. The van der Waals surface area contributed by atoms with Crippen molar-refractivity contribution in [2.24, 2.45) is 0 Å². The standard InChI is InChI=1S/C27H33NO2.C26H38N2O2.C23H25NO.C21H21NO.C20H19NO/c1-21-7-13-25(14-8-21)28(26-15-9-22(2)10-16-26)27-17-11-24(12-18-27)23(5-3-19-29)6-4-20-30;1-3-27(18-20-29)24-12-8-22(9-13-24)26(16-6-5-7-17-26)23-10-14-25(15-11-23)28(4-2)19-21-30;1-18-5-11-21(12-6-18)24(22-13-7-19(2)8-14-22)23-15-9-20(10-16-23)4-3-17-25;1-16-3-9-19(10-4-16)22(20-11-5-17(2)6-12-20)21-13-7-18(15-23)8-14-21;1-16(22)17-12-14-20(15-13-17)21(18-8-4-2-5-9-18)19-10-6-3-7-11-19/h7-18,23,29-30H,3-6,19-20H2,1-2H3;8-15,29-30H,3-7,16-21H2,1-2H3;5-16,25H,3-4,17H2,1-2H3;3-14,23H,15H2,1-2H3;2-16,22H,1H3. The second-order valence-corrected chi connectivity index (χ2v) is 34.0. The maximum atomic E-state index is 9.67. The molecule has 0 spiro atoms. The first-order valence-corrected chi connectivity index (χ1v) is 46.5. The van der Waals surface area contributed by atoms with Crippen LogP contribution in [0, 0.1) is 41.5 Å². The SMILES string of the molecule is CC(O)c1ccc(N(c2ccccc2)c2ccccc2)cc1.CCN(CCO)c1ccc(C2(c3ccc(N(CC)CCO)cc3)CCCCC2)cc1.Cc1ccc(N(c2ccc(C)cc2)c2ccc(C(CCCO)CCCO)cc2)cc1.Cc1ccc(N(c2ccc(C)cc2)c2ccc(CCCO)cc2)cc1.Cc1ccc(N(c2ccc(C)cc2)c2ccc(CO)cc2)cc1. The minimum atomic E-state index is -0.448. The molecule has 130 heavy (non-hydrogen) atoms. The van der Waals surface area contributed by atoms with Crippen molar-refractivity contribution in [2.75, 3.05) is 88.6 Å². The first kappa shape index (κ1) is 98.2. The molecule has 0 radical (unpaired) electrons. The Hall–Kier alpha value is -12.4. The Balaban J connectivity index is 0.000000158. The number of hydrogen-bond donors (Lipinski definition) is 7. The Kier molecular flexibility index (Phi) is 38.6. The number of aliphatic hydroxyl groups is 7. The number of aliphatic hydroxyl groups excluding tert-OH is 7. The molecule has 15 rings (SSSR count). The molecular formula is C117H136N6O7. The maximum Gasteiger partial charge on any atom is 0.0761 e. The van der Waals surface area contributed by atoms with Gasteiger partial charge >= 0.3 is 0 Å². The smallest absolute Gasteiger partial charge is 0.0761 e. The molecule has 13 heteroatoms. The number of anilines is 14. The van der Waals surface area contributed by atoms with E-state index < -0.39 is 6.10 Å². The van der Waals surface area contributed by atoms with Crippen LogP contribution in [0.2, 0.25) is 0 Å². The van der Waals surface area contributed by atoms with E-state index >= 15 is 0 Å². The second-order valence-electron chi connectivity index (χ2n) is 34.0. The average Bonchev–Trinajstić information content (AvgIpc) is 0.762. The molecular weight excluding hydrogens is 1600 g/mol. The lowest BCUT2D eigenvalue weighted by molar-refractivity contribution is 0.199. The van der Waals surface area contributed by atoms with Crippen molar-refractivity contribution < 1.29 is 35.7 Å². The summed E-state index contributed by atoms with van der Waals surface area (Å²) < 4.78 is 0. The third kappa shape index (κ3) is 27.8. The molecule has 1 unspecified atom stereocenters. The zero-order chi connectivity index (χ0) is 92.0. The first-order chi connectivity index (χ1) is 63.4. The predicted molar refractivity (Wildman–Crippen MR) is 547 cm³/mol. The van der Waals surface area contributed by atoms with Crippen LogP contribution in [0.3, 0.4) is 0 Å². The van der Waals surface area contributed by atoms with Crippen molar-refractivity contribution in [2.45, 2.75) is 157 Å². The lowest BCUT2D eigenvalue weighted by Crippen LogP contribution is -2.31. The molecule has 0 aromatic heterocycles. The molecule has 676 valence electrons. The number of benzene rings is 14. The summed E-state index contributed by atoms with van der Waals surface area (Å²) in [5, 5.41) is 65.1. The monoisotopic (exact) mass is 1740 g/mol. The molecule has 1 aliphatic rings. The van der Waals surface area contributed by atoms with E-state index in [4.69, 9.17) is 5.11 Å². The lowest BCUT2D eigenvalue weighted by Gasteiger charge is -2.39. The molecule has 1 saturated carbocycles. The topological polar surface area (TPSA) is 161 Å². The van der Waals surface area contributed by atoms with E-state index in [1.165, 1.54) is 99.1 Å². The zero-order valence-electron chi connectivity index (χ0n) is 77.8. The van der Waals surface area contributed by atoms with Crippen LogP contribution in [0.15, 0.2) is 352 Å². The van der Waals surface area contributed by atoms with E-state index in [1.807, 2.05) is 84.9 Å². The Labute approximate surface area is 774 Å². The van der Waals surface area contributed by atoms with Gasteiger partial charge in [0.25, 0.3) is 0 Å². The Bertz CT molecular complexity index is 5270. The minimum Gasteiger partial charge on any atom is -0.396 e. The first-order valence-electron chi connectivity index (χ1n) is 46.5. The molecule has 14 aromatic carbocycles. The highest BCUT2D eigenvalue weighted by Crippen LogP contribution is 2.47. The van der Waals surface area contributed by atoms with E-state index in [2.05, 4.69) is 352 Å². The van der Waals surface area contributed by atoms with Crippen molar-refractivity contribution in [3.8, 4) is 0 Å². The molecule has 14 aromatic rings. The number of aryl methyl sites for hydroxylation is 7. The van der Waals surface area contributed by atoms with Crippen LogP contribution in [0.1, 0.15) is 164 Å². The van der Waals surface area contributed by atoms with Gasteiger partial charge in [0, 0.05) is 131 Å². The molecule has 0 saturated heterocycles. The molecule has 1 aliphatic carbocycles. The highest BCUT2D eigenvalue weighted by atomic mass is 16.3. The molecule has 0 aliphatic heterocycles. The summed E-state index contributed by atoms with van der Waals surface area (Å²) in [7, 11) is 0. The van der Waals surface area contributed by atoms with E-state index in [0.717, 1.165) is 131 Å². The van der Waals surface area contributed by atoms with E-state index in [0.29, 0.717) is 19.0 Å². The van der Waals surface area contributed by atoms with Crippen LogP contribution in [-0.4, -0.2) is 95.0 Å². The van der Waals surface area contributed by atoms with Gasteiger partial charge in [0.1, 0.15) is 0 Å². The molecule has 0 heterocycles. The number of likely N-dealkylation sites (N-methyl/N-ethyl adjacent to an activating group) is 2. The van der Waals surface area contributed by atoms with Crippen LogP contribution in [0.5, 0.6) is 0 Å². The summed E-state index contributed by atoms with van der Waals surface area (Å²) >= 11 is 0. The molecule has 13 nitrogen and oxygen atoms in total. The average molecular weight is 1740 g/mol. The Morgan fingerprint density at radius 1 is 0.269 bits per heavy atom. The number of nitrogens with zero attached hydrogens (tertiary/aromatic N) is 6. The fraction of sp³-hybridized carbons (Fsp3) is 0.282. The fourth-order valence-electron chi connectivity index (χ4n) is 17.0. The summed E-state index contributed by atoms with van der Waals surface area (Å²) in [5.41, 5.74) is 30.5. The Morgan fingerprint density at radius 2 is 0.523 bits per heavy atom. The highest BCUT2D eigenvalue weighted by Gasteiger charge is 2.36. The maximum absolute atomic E-state index is 9.67. The fourth-order valence-corrected chi connectivity index (χ4v) is 17.0. The van der Waals surface area contributed by atoms with Crippen LogP contribution in [0.25, 0.3) is 0 Å². The van der Waals surface area contributed by atoms with Gasteiger partial charge in [-0.25, -0.2) is 0 Å². The molecule has 0 bridgehead atoms. The van der Waals surface area contributed by atoms with Crippen molar-refractivity contribution in [3.63, 3.8) is 0 Å². The third-order valence-corrected chi connectivity index (χ3v) is 24.4. The van der Waals surface area contributed by atoms with Gasteiger partial charge in [-0.15, -0.1) is 0 Å².